The van der Waals surface area contributed by atoms with Crippen LogP contribution in [0.2, 0.25) is 0 Å². The molecule has 6 aromatic rings. The summed E-state index contributed by atoms with van der Waals surface area (Å²) in [4.78, 5) is 15.0. The molecule has 0 saturated heterocycles. The molecule has 2 aliphatic rings. The van der Waals surface area contributed by atoms with Crippen LogP contribution in [0.3, 0.4) is 0 Å². The van der Waals surface area contributed by atoms with Crippen LogP contribution >= 0.6 is 7.14 Å². The molecule has 48 heavy (non-hydrogen) atoms. The number of aromatic nitrogens is 3. The Bertz CT molecular complexity index is 2340. The largest absolute Gasteiger partial charge is 0.320 e. The Hall–Kier alpha value is -5.18. The van der Waals surface area contributed by atoms with E-state index in [2.05, 4.69) is 103 Å². The summed E-state index contributed by atoms with van der Waals surface area (Å²) in [5.41, 5.74) is 7.58. The maximum Gasteiger partial charge on any atom is 0.164 e. The SMILES string of the molecule is CP(C)(=O)C1=CC(c2c3ccccc3c(-c3cccc(-c4nc(C5=CCCC=C5)nc(-c5ccccc5)n4)c3)c3ccccc23)=CCC1. The van der Waals surface area contributed by atoms with Crippen LogP contribution in [0.5, 0.6) is 0 Å². The van der Waals surface area contributed by atoms with Crippen molar-refractivity contribution in [3.63, 3.8) is 0 Å². The Morgan fingerprint density at radius 3 is 1.75 bits per heavy atom. The Morgan fingerprint density at radius 1 is 0.542 bits per heavy atom. The second kappa shape index (κ2) is 12.4. The number of benzene rings is 5. The van der Waals surface area contributed by atoms with E-state index in [-0.39, 0.29) is 0 Å². The molecule has 8 rings (SSSR count). The molecule has 0 fully saturated rings. The van der Waals surface area contributed by atoms with Gasteiger partial charge in [0, 0.05) is 16.7 Å². The van der Waals surface area contributed by atoms with Crippen molar-refractivity contribution in [2.75, 3.05) is 13.3 Å². The van der Waals surface area contributed by atoms with Crippen LogP contribution in [0.4, 0.5) is 0 Å². The standard InChI is InChI=1S/C43H36N3OP/c1-48(2,47)34-22-14-20-32(28-34)40-37-25-11-9-23-35(37)39(36-24-10-12-26-38(36)40)31-19-13-21-33(27-31)43-45-41(29-15-5-3-6-16-29)44-42(46-43)30-17-7-4-8-18-30/h3,5-7,9-13,15-21,23-28H,4,8,14,22H2,1-2H3. The van der Waals surface area contributed by atoms with E-state index in [1.807, 2.05) is 43.7 Å². The molecule has 5 heteroatoms. The van der Waals surface area contributed by atoms with Crippen molar-refractivity contribution in [2.45, 2.75) is 25.7 Å². The summed E-state index contributed by atoms with van der Waals surface area (Å²) in [5, 5.41) is 5.80. The van der Waals surface area contributed by atoms with Gasteiger partial charge in [-0.25, -0.2) is 15.0 Å². The fourth-order valence-electron chi connectivity index (χ4n) is 6.98. The molecule has 0 spiro atoms. The van der Waals surface area contributed by atoms with Crippen molar-refractivity contribution >= 4 is 39.8 Å². The van der Waals surface area contributed by atoms with Gasteiger partial charge >= 0.3 is 0 Å². The number of hydrogen-bond donors (Lipinski definition) is 0. The monoisotopic (exact) mass is 641 g/mol. The van der Waals surface area contributed by atoms with Crippen LogP contribution < -0.4 is 0 Å². The number of fused-ring (bicyclic) bond motifs is 2. The molecule has 0 radical (unpaired) electrons. The van der Waals surface area contributed by atoms with Gasteiger partial charge < -0.3 is 4.57 Å². The molecule has 0 N–H and O–H groups in total. The first-order valence-corrected chi connectivity index (χ1v) is 19.2. The predicted molar refractivity (Wildman–Crippen MR) is 202 cm³/mol. The van der Waals surface area contributed by atoms with Gasteiger partial charge in [0.2, 0.25) is 0 Å². The van der Waals surface area contributed by atoms with Crippen LogP contribution in [-0.4, -0.2) is 28.3 Å². The summed E-state index contributed by atoms with van der Waals surface area (Å²) in [6.07, 6.45) is 14.8. The van der Waals surface area contributed by atoms with Crippen molar-refractivity contribution in [2.24, 2.45) is 0 Å². The smallest absolute Gasteiger partial charge is 0.164 e. The van der Waals surface area contributed by atoms with Crippen molar-refractivity contribution in [1.29, 1.82) is 0 Å². The van der Waals surface area contributed by atoms with Gasteiger partial charge in [-0.1, -0.05) is 121 Å². The van der Waals surface area contributed by atoms with Crippen LogP contribution in [0.25, 0.3) is 66.6 Å². The molecule has 5 aromatic carbocycles. The number of hydrogen-bond acceptors (Lipinski definition) is 4. The first kappa shape index (κ1) is 30.2. The van der Waals surface area contributed by atoms with E-state index in [4.69, 9.17) is 15.0 Å². The van der Waals surface area contributed by atoms with Gasteiger partial charge in [0.05, 0.1) is 0 Å². The minimum absolute atomic E-state index is 0.652. The Labute approximate surface area is 281 Å². The Balaban J connectivity index is 1.33. The fraction of sp³-hybridized carbons (Fsp3) is 0.140. The topological polar surface area (TPSA) is 55.7 Å². The minimum Gasteiger partial charge on any atom is -0.320 e. The van der Waals surface area contributed by atoms with Crippen LogP contribution in [0, 0.1) is 0 Å². The molecular weight excluding hydrogens is 605 g/mol. The van der Waals surface area contributed by atoms with Crippen LogP contribution in [-0.2, 0) is 4.57 Å². The van der Waals surface area contributed by atoms with E-state index in [0.29, 0.717) is 17.5 Å². The second-order valence-corrected chi connectivity index (χ2v) is 16.2. The van der Waals surface area contributed by atoms with Crippen molar-refractivity contribution in [1.82, 2.24) is 15.0 Å². The van der Waals surface area contributed by atoms with Crippen molar-refractivity contribution in [3.8, 4) is 33.9 Å². The van der Waals surface area contributed by atoms with E-state index in [0.717, 1.165) is 58.8 Å². The van der Waals surface area contributed by atoms with Gasteiger partial charge in [-0.15, -0.1) is 0 Å². The van der Waals surface area contributed by atoms with Gasteiger partial charge in [-0.2, -0.15) is 0 Å². The van der Waals surface area contributed by atoms with E-state index in [1.165, 1.54) is 32.7 Å². The third kappa shape index (κ3) is 5.67. The molecule has 2 aliphatic carbocycles. The highest BCUT2D eigenvalue weighted by molar-refractivity contribution is 7.66. The van der Waals surface area contributed by atoms with E-state index >= 15 is 0 Å². The third-order valence-electron chi connectivity index (χ3n) is 9.33. The zero-order chi connectivity index (χ0) is 32.7. The molecule has 0 aliphatic heterocycles. The lowest BCUT2D eigenvalue weighted by Gasteiger charge is -2.22. The highest BCUT2D eigenvalue weighted by atomic mass is 31.2. The minimum atomic E-state index is -2.35. The zero-order valence-electron chi connectivity index (χ0n) is 27.2. The summed E-state index contributed by atoms with van der Waals surface area (Å²) in [7, 11) is -2.35. The number of allylic oxidation sites excluding steroid dienone is 8. The van der Waals surface area contributed by atoms with Gasteiger partial charge in [0.25, 0.3) is 0 Å². The van der Waals surface area contributed by atoms with Crippen molar-refractivity contribution < 1.29 is 4.57 Å². The quantitative estimate of drug-likeness (QED) is 0.134. The van der Waals surface area contributed by atoms with Crippen molar-refractivity contribution in [3.05, 3.63) is 150 Å². The van der Waals surface area contributed by atoms with Gasteiger partial charge in [0.15, 0.2) is 17.5 Å². The number of rotatable bonds is 6. The van der Waals surface area contributed by atoms with Gasteiger partial charge in [0.1, 0.15) is 7.14 Å². The molecule has 1 aromatic heterocycles. The average Bonchev–Trinajstić information content (AvgIpc) is 3.14. The zero-order valence-corrected chi connectivity index (χ0v) is 28.1. The summed E-state index contributed by atoms with van der Waals surface area (Å²) in [6, 6.07) is 36.1. The molecule has 234 valence electrons. The van der Waals surface area contributed by atoms with E-state index < -0.39 is 7.14 Å². The normalized spacial score (nSPS) is 14.9. The first-order chi connectivity index (χ1) is 23.4. The molecule has 1 heterocycles. The summed E-state index contributed by atoms with van der Waals surface area (Å²) in [5.74, 6) is 2.01. The number of nitrogens with zero attached hydrogens (tertiary/aromatic N) is 3. The predicted octanol–water partition coefficient (Wildman–Crippen LogP) is 11.6. The molecule has 0 saturated carbocycles. The summed E-state index contributed by atoms with van der Waals surface area (Å²) < 4.78 is 13.2. The van der Waals surface area contributed by atoms with Crippen LogP contribution in [0.1, 0.15) is 37.1 Å². The molecule has 4 nitrogen and oxygen atoms in total. The highest BCUT2D eigenvalue weighted by Crippen LogP contribution is 2.52. The lowest BCUT2D eigenvalue weighted by Crippen LogP contribution is -2.03. The molecule has 0 amide bonds. The summed E-state index contributed by atoms with van der Waals surface area (Å²) >= 11 is 0. The van der Waals surface area contributed by atoms with Gasteiger partial charge in [-0.05, 0) is 100 Å². The molecule has 0 unspecified atom stereocenters. The highest BCUT2D eigenvalue weighted by Gasteiger charge is 2.22. The molecular formula is C43H36N3OP. The maximum absolute atomic E-state index is 13.2. The van der Waals surface area contributed by atoms with Gasteiger partial charge in [-0.3, -0.25) is 0 Å². The molecule has 0 atom stereocenters. The lowest BCUT2D eigenvalue weighted by molar-refractivity contribution is 0.585. The van der Waals surface area contributed by atoms with E-state index in [1.54, 1.807) is 0 Å². The Kier molecular flexibility index (Phi) is 7.82. The fourth-order valence-corrected chi connectivity index (χ4v) is 8.10. The second-order valence-electron chi connectivity index (χ2n) is 12.9. The summed E-state index contributed by atoms with van der Waals surface area (Å²) in [6.45, 7) is 3.77. The first-order valence-electron chi connectivity index (χ1n) is 16.6. The Morgan fingerprint density at radius 2 is 1.10 bits per heavy atom. The average molecular weight is 642 g/mol. The third-order valence-corrected chi connectivity index (χ3v) is 11.1. The maximum atomic E-state index is 13.2. The molecule has 0 bridgehead atoms. The van der Waals surface area contributed by atoms with E-state index in [9.17, 15) is 4.57 Å². The van der Waals surface area contributed by atoms with Crippen LogP contribution in [0.15, 0.2) is 139 Å². The lowest BCUT2D eigenvalue weighted by atomic mass is 9.84.